The number of nitro groups is 1. The highest BCUT2D eigenvalue weighted by molar-refractivity contribution is 6.31. The van der Waals surface area contributed by atoms with E-state index in [4.69, 9.17) is 16.3 Å². The zero-order valence-corrected chi connectivity index (χ0v) is 11.6. The fraction of sp³-hybridized carbons (Fsp3) is 0.143. The Labute approximate surface area is 121 Å². The van der Waals surface area contributed by atoms with Crippen LogP contribution in [-0.2, 0) is 6.54 Å². The number of hydrogen-bond acceptors (Lipinski definition) is 4. The molecule has 0 aromatic heterocycles. The average Bonchev–Trinajstić information content (AvgIpc) is 2.46. The lowest BCUT2D eigenvalue weighted by Crippen LogP contribution is -2.00. The maximum Gasteiger partial charge on any atom is 0.270 e. The molecule has 2 aromatic carbocycles. The number of rotatable bonds is 5. The van der Waals surface area contributed by atoms with E-state index in [0.29, 0.717) is 11.6 Å². The predicted octanol–water partition coefficient (Wildman–Crippen LogP) is 3.87. The second-order valence-electron chi connectivity index (χ2n) is 4.12. The van der Waals surface area contributed by atoms with Gasteiger partial charge in [-0.05, 0) is 23.8 Å². The third-order valence-corrected chi connectivity index (χ3v) is 3.15. The average molecular weight is 293 g/mol. The SMILES string of the molecule is COc1cccc(NCc2ccc([N+](=O)[O-])cc2Cl)c1. The van der Waals surface area contributed by atoms with E-state index in [0.717, 1.165) is 17.0 Å². The highest BCUT2D eigenvalue weighted by Crippen LogP contribution is 2.24. The quantitative estimate of drug-likeness (QED) is 0.671. The van der Waals surface area contributed by atoms with Crippen molar-refractivity contribution >= 4 is 23.0 Å². The maximum atomic E-state index is 10.6. The molecule has 5 nitrogen and oxygen atoms in total. The molecule has 104 valence electrons. The summed E-state index contributed by atoms with van der Waals surface area (Å²) in [6, 6.07) is 11.9. The summed E-state index contributed by atoms with van der Waals surface area (Å²) in [6.45, 7) is 0.476. The summed E-state index contributed by atoms with van der Waals surface area (Å²) in [5, 5.41) is 14.2. The largest absolute Gasteiger partial charge is 0.497 e. The van der Waals surface area contributed by atoms with Crippen LogP contribution in [-0.4, -0.2) is 12.0 Å². The molecule has 0 radical (unpaired) electrons. The van der Waals surface area contributed by atoms with Gasteiger partial charge in [-0.25, -0.2) is 0 Å². The normalized spacial score (nSPS) is 10.1. The Bertz CT molecular complexity index is 632. The van der Waals surface area contributed by atoms with Crippen molar-refractivity contribution in [2.75, 3.05) is 12.4 Å². The van der Waals surface area contributed by atoms with Crippen molar-refractivity contribution in [1.82, 2.24) is 0 Å². The van der Waals surface area contributed by atoms with Crippen molar-refractivity contribution in [2.45, 2.75) is 6.54 Å². The van der Waals surface area contributed by atoms with Crippen LogP contribution in [0, 0.1) is 10.1 Å². The van der Waals surface area contributed by atoms with Gasteiger partial charge in [-0.3, -0.25) is 10.1 Å². The van der Waals surface area contributed by atoms with Crippen molar-refractivity contribution in [2.24, 2.45) is 0 Å². The van der Waals surface area contributed by atoms with Gasteiger partial charge in [0.15, 0.2) is 0 Å². The third kappa shape index (κ3) is 3.39. The first kappa shape index (κ1) is 14.1. The number of ether oxygens (including phenoxy) is 1. The van der Waals surface area contributed by atoms with Crippen LogP contribution in [0.1, 0.15) is 5.56 Å². The molecule has 0 saturated carbocycles. The second-order valence-corrected chi connectivity index (χ2v) is 4.53. The lowest BCUT2D eigenvalue weighted by atomic mass is 10.2. The zero-order chi connectivity index (χ0) is 14.5. The van der Waals surface area contributed by atoms with Gasteiger partial charge in [0.2, 0.25) is 0 Å². The molecule has 0 amide bonds. The van der Waals surface area contributed by atoms with Crippen LogP contribution in [0.3, 0.4) is 0 Å². The van der Waals surface area contributed by atoms with Gasteiger partial charge in [0.05, 0.1) is 17.1 Å². The Kier molecular flexibility index (Phi) is 4.42. The number of benzene rings is 2. The first-order valence-corrected chi connectivity index (χ1v) is 6.28. The van der Waals surface area contributed by atoms with Gasteiger partial charge in [-0.1, -0.05) is 17.7 Å². The molecule has 0 fully saturated rings. The van der Waals surface area contributed by atoms with E-state index >= 15 is 0 Å². The van der Waals surface area contributed by atoms with E-state index in [1.165, 1.54) is 12.1 Å². The van der Waals surface area contributed by atoms with Crippen molar-refractivity contribution in [3.05, 3.63) is 63.2 Å². The molecule has 2 rings (SSSR count). The minimum Gasteiger partial charge on any atom is -0.497 e. The Morgan fingerprint density at radius 3 is 2.75 bits per heavy atom. The number of nitrogens with zero attached hydrogens (tertiary/aromatic N) is 1. The molecule has 0 aliphatic carbocycles. The molecule has 0 spiro atoms. The summed E-state index contributed by atoms with van der Waals surface area (Å²) >= 11 is 6.03. The van der Waals surface area contributed by atoms with E-state index in [1.807, 2.05) is 24.3 Å². The summed E-state index contributed by atoms with van der Waals surface area (Å²) in [5.41, 5.74) is 1.67. The number of nitrogens with one attached hydrogen (secondary N) is 1. The Balaban J connectivity index is 2.08. The molecule has 2 aromatic rings. The summed E-state index contributed by atoms with van der Waals surface area (Å²) < 4.78 is 5.13. The van der Waals surface area contributed by atoms with E-state index in [2.05, 4.69) is 5.32 Å². The molecule has 6 heteroatoms. The van der Waals surface area contributed by atoms with Crippen molar-refractivity contribution in [3.8, 4) is 5.75 Å². The fourth-order valence-electron chi connectivity index (χ4n) is 1.72. The minimum absolute atomic E-state index is 0.0138. The van der Waals surface area contributed by atoms with Gasteiger partial charge in [-0.15, -0.1) is 0 Å². The second kappa shape index (κ2) is 6.25. The summed E-state index contributed by atoms with van der Waals surface area (Å²) in [4.78, 5) is 10.2. The molecule has 0 bridgehead atoms. The first-order chi connectivity index (χ1) is 9.60. The molecule has 0 aliphatic heterocycles. The molecular weight excluding hydrogens is 280 g/mol. The van der Waals surface area contributed by atoms with Crippen LogP contribution in [0.4, 0.5) is 11.4 Å². The lowest BCUT2D eigenvalue weighted by molar-refractivity contribution is -0.384. The minimum atomic E-state index is -0.467. The zero-order valence-electron chi connectivity index (χ0n) is 10.8. The Morgan fingerprint density at radius 2 is 2.10 bits per heavy atom. The number of halogens is 1. The summed E-state index contributed by atoms with van der Waals surface area (Å²) in [6.07, 6.45) is 0. The molecule has 0 unspecified atom stereocenters. The molecule has 1 N–H and O–H groups in total. The van der Waals surface area contributed by atoms with Crippen molar-refractivity contribution in [3.63, 3.8) is 0 Å². The summed E-state index contributed by atoms with van der Waals surface area (Å²) in [7, 11) is 1.60. The third-order valence-electron chi connectivity index (χ3n) is 2.80. The number of nitro benzene ring substituents is 1. The molecule has 20 heavy (non-hydrogen) atoms. The van der Waals surface area contributed by atoms with E-state index in [9.17, 15) is 10.1 Å². The van der Waals surface area contributed by atoms with Gasteiger partial charge in [0, 0.05) is 30.4 Å². The highest BCUT2D eigenvalue weighted by atomic mass is 35.5. The van der Waals surface area contributed by atoms with Gasteiger partial charge in [0.25, 0.3) is 5.69 Å². The fourth-order valence-corrected chi connectivity index (χ4v) is 1.97. The van der Waals surface area contributed by atoms with Crippen LogP contribution in [0.25, 0.3) is 0 Å². The van der Waals surface area contributed by atoms with Crippen LogP contribution >= 0.6 is 11.6 Å². The lowest BCUT2D eigenvalue weighted by Gasteiger charge is -2.09. The molecule has 0 aliphatic rings. The van der Waals surface area contributed by atoms with Crippen LogP contribution in [0.5, 0.6) is 5.75 Å². The monoisotopic (exact) mass is 292 g/mol. The number of non-ortho nitro benzene ring substituents is 1. The van der Waals surface area contributed by atoms with E-state index in [-0.39, 0.29) is 5.69 Å². The summed E-state index contributed by atoms with van der Waals surface area (Å²) in [5.74, 6) is 0.754. The van der Waals surface area contributed by atoms with Gasteiger partial charge in [-0.2, -0.15) is 0 Å². The Morgan fingerprint density at radius 1 is 1.30 bits per heavy atom. The first-order valence-electron chi connectivity index (χ1n) is 5.91. The highest BCUT2D eigenvalue weighted by Gasteiger charge is 2.09. The Hall–Kier alpha value is -2.27. The van der Waals surface area contributed by atoms with E-state index in [1.54, 1.807) is 13.2 Å². The van der Waals surface area contributed by atoms with Gasteiger partial charge in [0.1, 0.15) is 5.75 Å². The number of methoxy groups -OCH3 is 1. The van der Waals surface area contributed by atoms with Crippen molar-refractivity contribution < 1.29 is 9.66 Å². The maximum absolute atomic E-state index is 10.6. The standard InChI is InChI=1S/C14H13ClN2O3/c1-20-13-4-2-3-11(7-13)16-9-10-5-6-12(17(18)19)8-14(10)15/h2-8,16H,9H2,1H3. The molecule has 0 saturated heterocycles. The predicted molar refractivity (Wildman–Crippen MR) is 78.4 cm³/mol. The van der Waals surface area contributed by atoms with Crippen LogP contribution in [0.2, 0.25) is 5.02 Å². The van der Waals surface area contributed by atoms with E-state index < -0.39 is 4.92 Å². The van der Waals surface area contributed by atoms with Crippen LogP contribution < -0.4 is 10.1 Å². The van der Waals surface area contributed by atoms with Gasteiger partial charge >= 0.3 is 0 Å². The van der Waals surface area contributed by atoms with Crippen LogP contribution in [0.15, 0.2) is 42.5 Å². The number of anilines is 1. The molecule has 0 atom stereocenters. The number of hydrogen-bond donors (Lipinski definition) is 1. The topological polar surface area (TPSA) is 64.4 Å². The van der Waals surface area contributed by atoms with Gasteiger partial charge < -0.3 is 10.1 Å². The van der Waals surface area contributed by atoms with Crippen molar-refractivity contribution in [1.29, 1.82) is 0 Å². The molecule has 0 heterocycles. The smallest absolute Gasteiger partial charge is 0.270 e. The molecular formula is C14H13ClN2O3.